The van der Waals surface area contributed by atoms with Crippen LogP contribution in [0.15, 0.2) is 0 Å². The summed E-state index contributed by atoms with van der Waals surface area (Å²) in [6.07, 6.45) is 18.9. The van der Waals surface area contributed by atoms with Crippen LogP contribution < -0.4 is 10.0 Å². The van der Waals surface area contributed by atoms with Gasteiger partial charge in [0.15, 0.2) is 0 Å². The molecule has 0 radical (unpaired) electrons. The van der Waals surface area contributed by atoms with Gasteiger partial charge in [0.1, 0.15) is 0 Å². The lowest BCUT2D eigenvalue weighted by Crippen LogP contribution is -3.12. The molecule has 0 aromatic heterocycles. The maximum absolute atomic E-state index is 9.65. The molecule has 0 aliphatic carbocycles. The maximum Gasteiger partial charge on any atom is 0.0770 e. The van der Waals surface area contributed by atoms with E-state index in [9.17, 15) is 9.90 Å². The molecule has 0 unspecified atom stereocenters. The molecule has 0 heterocycles. The van der Waals surface area contributed by atoms with Crippen molar-refractivity contribution in [2.75, 3.05) is 19.6 Å². The van der Waals surface area contributed by atoms with Gasteiger partial charge in [-0.15, -0.1) is 0 Å². The summed E-state index contributed by atoms with van der Waals surface area (Å²) in [5.41, 5.74) is 0. The molecule has 3 heteroatoms. The van der Waals surface area contributed by atoms with Gasteiger partial charge in [-0.25, -0.2) is 0 Å². The molecule has 0 saturated carbocycles. The zero-order valence-corrected chi connectivity index (χ0v) is 18.5. The Bertz CT molecular complexity index is 240. The number of nitrogens with one attached hydrogen (secondary N) is 1. The summed E-state index contributed by atoms with van der Waals surface area (Å²) >= 11 is 0. The van der Waals surface area contributed by atoms with Gasteiger partial charge < -0.3 is 14.8 Å². The molecule has 0 bridgehead atoms. The Hall–Kier alpha value is -0.570. The summed E-state index contributed by atoms with van der Waals surface area (Å²) < 4.78 is 0. The molecule has 26 heavy (non-hydrogen) atoms. The van der Waals surface area contributed by atoms with Gasteiger partial charge >= 0.3 is 0 Å². The second kappa shape index (κ2) is 24.4. The quantitative estimate of drug-likeness (QED) is 0.360. The number of hydrogen-bond acceptors (Lipinski definition) is 2. The number of carbonyl (C=O) groups is 1. The second-order valence-corrected chi connectivity index (χ2v) is 7.66. The minimum atomic E-state index is -0.943. The predicted molar refractivity (Wildman–Crippen MR) is 113 cm³/mol. The molecule has 0 fully saturated rings. The summed E-state index contributed by atoms with van der Waals surface area (Å²) in [7, 11) is 0. The van der Waals surface area contributed by atoms with Crippen LogP contribution in [0.3, 0.4) is 0 Å². The minimum Gasteiger partial charge on any atom is -0.550 e. The van der Waals surface area contributed by atoms with Crippen LogP contribution in [0.2, 0.25) is 0 Å². The molecule has 0 atom stereocenters. The Morgan fingerprint density at radius 1 is 0.577 bits per heavy atom. The zero-order chi connectivity index (χ0) is 19.9. The molecular weight excluding hydrogens is 322 g/mol. The predicted octanol–water partition coefficient (Wildman–Crippen LogP) is 4.54. The average molecular weight is 372 g/mol. The van der Waals surface area contributed by atoms with Gasteiger partial charge in [-0.2, -0.15) is 0 Å². The maximum atomic E-state index is 9.65. The zero-order valence-electron chi connectivity index (χ0n) is 18.5. The SMILES string of the molecule is CCCCC(=O)[O-].CCCCCC[NH+](CCCCCC)CCCCCC. The van der Waals surface area contributed by atoms with Gasteiger partial charge in [-0.1, -0.05) is 72.6 Å². The van der Waals surface area contributed by atoms with Gasteiger partial charge in [0.25, 0.3) is 0 Å². The van der Waals surface area contributed by atoms with Crippen molar-refractivity contribution in [3.63, 3.8) is 0 Å². The third-order valence-electron chi connectivity index (χ3n) is 4.89. The van der Waals surface area contributed by atoms with Crippen molar-refractivity contribution in [2.45, 2.75) is 124 Å². The number of quaternary nitrogens is 1. The highest BCUT2D eigenvalue weighted by molar-refractivity contribution is 5.63. The molecule has 0 aliphatic rings. The number of aliphatic carboxylic acids is 1. The van der Waals surface area contributed by atoms with Crippen LogP contribution in [-0.2, 0) is 4.79 Å². The lowest BCUT2D eigenvalue weighted by Gasteiger charge is -2.19. The Kier molecular flexibility index (Phi) is 26.0. The number of rotatable bonds is 18. The molecule has 0 saturated heterocycles. The first-order valence-corrected chi connectivity index (χ1v) is 11.7. The number of carbonyl (C=O) groups excluding carboxylic acids is 1. The van der Waals surface area contributed by atoms with Crippen molar-refractivity contribution in [3.8, 4) is 0 Å². The number of hydrogen-bond donors (Lipinski definition) is 1. The van der Waals surface area contributed by atoms with Crippen LogP contribution in [0, 0.1) is 0 Å². The van der Waals surface area contributed by atoms with Gasteiger partial charge in [-0.3, -0.25) is 0 Å². The Morgan fingerprint density at radius 2 is 0.923 bits per heavy atom. The van der Waals surface area contributed by atoms with Gasteiger partial charge in [0, 0.05) is 5.97 Å². The van der Waals surface area contributed by atoms with Crippen LogP contribution in [0.1, 0.15) is 124 Å². The molecule has 0 spiro atoms. The first-order valence-electron chi connectivity index (χ1n) is 11.7. The van der Waals surface area contributed by atoms with E-state index >= 15 is 0 Å². The highest BCUT2D eigenvalue weighted by atomic mass is 16.4. The molecule has 0 aromatic rings. The van der Waals surface area contributed by atoms with E-state index in [1.165, 1.54) is 96.7 Å². The molecule has 0 amide bonds. The third kappa shape index (κ3) is 25.7. The fraction of sp³-hybridized carbons (Fsp3) is 0.957. The molecular formula is C23H49NO2. The fourth-order valence-electron chi connectivity index (χ4n) is 3.10. The van der Waals surface area contributed by atoms with Crippen molar-refractivity contribution in [2.24, 2.45) is 0 Å². The van der Waals surface area contributed by atoms with Crippen molar-refractivity contribution in [3.05, 3.63) is 0 Å². The van der Waals surface area contributed by atoms with Gasteiger partial charge in [-0.05, 0) is 51.4 Å². The summed E-state index contributed by atoms with van der Waals surface area (Å²) in [5.74, 6) is -0.943. The number of carboxylic acid groups (broad SMARTS) is 1. The van der Waals surface area contributed by atoms with E-state index in [0.717, 1.165) is 12.8 Å². The van der Waals surface area contributed by atoms with Crippen molar-refractivity contribution in [1.82, 2.24) is 0 Å². The first-order chi connectivity index (χ1) is 12.6. The molecule has 0 aromatic carbocycles. The topological polar surface area (TPSA) is 44.6 Å². The standard InChI is InChI=1S/C18H39N.C5H10O2/c1-4-7-10-13-16-19(17-14-11-8-5-2)18-15-12-9-6-3;1-2-3-4-5(6)7/h4-18H2,1-3H3;2-4H2,1H3,(H,6,7). The Morgan fingerprint density at radius 3 is 1.15 bits per heavy atom. The highest BCUT2D eigenvalue weighted by Crippen LogP contribution is 1.99. The van der Waals surface area contributed by atoms with E-state index in [1.807, 2.05) is 11.8 Å². The van der Waals surface area contributed by atoms with E-state index in [2.05, 4.69) is 20.8 Å². The number of unbranched alkanes of at least 4 members (excludes halogenated alkanes) is 10. The summed E-state index contributed by atoms with van der Waals surface area (Å²) in [5, 5.41) is 9.65. The van der Waals surface area contributed by atoms with E-state index in [1.54, 1.807) is 0 Å². The molecule has 158 valence electrons. The lowest BCUT2D eigenvalue weighted by atomic mass is 10.1. The van der Waals surface area contributed by atoms with Crippen molar-refractivity contribution >= 4 is 5.97 Å². The first kappa shape index (κ1) is 27.6. The molecule has 0 rings (SSSR count). The smallest absolute Gasteiger partial charge is 0.0770 e. The second-order valence-electron chi connectivity index (χ2n) is 7.66. The normalized spacial score (nSPS) is 10.7. The van der Waals surface area contributed by atoms with Crippen molar-refractivity contribution in [1.29, 1.82) is 0 Å². The van der Waals surface area contributed by atoms with E-state index < -0.39 is 5.97 Å². The summed E-state index contributed by atoms with van der Waals surface area (Å²) in [6.45, 7) is 13.2. The monoisotopic (exact) mass is 371 g/mol. The highest BCUT2D eigenvalue weighted by Gasteiger charge is 2.07. The van der Waals surface area contributed by atoms with Crippen LogP contribution in [0.5, 0.6) is 0 Å². The summed E-state index contributed by atoms with van der Waals surface area (Å²) in [4.78, 5) is 11.5. The fourth-order valence-corrected chi connectivity index (χ4v) is 3.10. The summed E-state index contributed by atoms with van der Waals surface area (Å²) in [6, 6.07) is 0. The van der Waals surface area contributed by atoms with Crippen LogP contribution in [-0.4, -0.2) is 25.6 Å². The van der Waals surface area contributed by atoms with Crippen LogP contribution in [0.25, 0.3) is 0 Å². The molecule has 3 nitrogen and oxygen atoms in total. The van der Waals surface area contributed by atoms with E-state index in [4.69, 9.17) is 0 Å². The number of carboxylic acids is 1. The average Bonchev–Trinajstić information content (AvgIpc) is 2.63. The Labute approximate surface area is 164 Å². The van der Waals surface area contributed by atoms with Crippen LogP contribution in [0.4, 0.5) is 0 Å². The van der Waals surface area contributed by atoms with Crippen LogP contribution >= 0.6 is 0 Å². The Balaban J connectivity index is 0. The van der Waals surface area contributed by atoms with Gasteiger partial charge in [0.05, 0.1) is 19.6 Å². The molecule has 0 aliphatic heterocycles. The van der Waals surface area contributed by atoms with E-state index in [-0.39, 0.29) is 6.42 Å². The van der Waals surface area contributed by atoms with Gasteiger partial charge in [0.2, 0.25) is 0 Å². The minimum absolute atomic E-state index is 0.205. The largest absolute Gasteiger partial charge is 0.550 e. The lowest BCUT2D eigenvalue weighted by molar-refractivity contribution is -0.900. The van der Waals surface area contributed by atoms with E-state index in [0.29, 0.717) is 0 Å². The van der Waals surface area contributed by atoms with Crippen molar-refractivity contribution < 1.29 is 14.8 Å². The molecule has 1 N–H and O–H groups in total. The third-order valence-corrected chi connectivity index (χ3v) is 4.89.